The Hall–Kier alpha value is -2.73. The molecule has 0 saturated carbocycles. The van der Waals surface area contributed by atoms with Gasteiger partial charge in [-0.1, -0.05) is 23.7 Å². The third kappa shape index (κ3) is 5.64. The van der Waals surface area contributed by atoms with E-state index in [1.165, 1.54) is 35.6 Å². The summed E-state index contributed by atoms with van der Waals surface area (Å²) in [4.78, 5) is 16.7. The molecular weight excluding hydrogens is 430 g/mol. The van der Waals surface area contributed by atoms with Crippen LogP contribution in [-0.4, -0.2) is 25.1 Å². The van der Waals surface area contributed by atoms with Crippen LogP contribution >= 0.6 is 22.9 Å². The van der Waals surface area contributed by atoms with Crippen LogP contribution in [0, 0.1) is 11.3 Å². The number of nitriles is 1. The summed E-state index contributed by atoms with van der Waals surface area (Å²) in [7, 11) is -3.46. The third-order valence-electron chi connectivity index (χ3n) is 4.05. The van der Waals surface area contributed by atoms with Crippen LogP contribution in [0.5, 0.6) is 0 Å². The van der Waals surface area contributed by atoms with Crippen molar-refractivity contribution in [3.8, 4) is 17.3 Å². The second-order valence-corrected chi connectivity index (χ2v) is 9.56. The topological polar surface area (TPSA) is 99.9 Å². The molecular formula is C20H16ClN3O3S2. The Kier molecular flexibility index (Phi) is 6.64. The van der Waals surface area contributed by atoms with E-state index < -0.39 is 9.84 Å². The molecule has 29 heavy (non-hydrogen) atoms. The lowest BCUT2D eigenvalue weighted by Crippen LogP contribution is -2.14. The van der Waals surface area contributed by atoms with Gasteiger partial charge < -0.3 is 5.32 Å². The number of carbonyl (C=O) groups excluding carboxylic acids is 1. The van der Waals surface area contributed by atoms with Crippen molar-refractivity contribution < 1.29 is 13.2 Å². The van der Waals surface area contributed by atoms with E-state index in [1.54, 1.807) is 24.3 Å². The molecule has 1 N–H and O–H groups in total. The van der Waals surface area contributed by atoms with Crippen LogP contribution in [0.4, 0.5) is 5.13 Å². The monoisotopic (exact) mass is 445 g/mol. The molecule has 1 amide bonds. The minimum absolute atomic E-state index is 0.0681. The zero-order valence-corrected chi connectivity index (χ0v) is 17.5. The lowest BCUT2D eigenvalue weighted by atomic mass is 10.1. The van der Waals surface area contributed by atoms with Gasteiger partial charge in [0.05, 0.1) is 28.0 Å². The van der Waals surface area contributed by atoms with Crippen LogP contribution in [0.25, 0.3) is 11.3 Å². The summed E-state index contributed by atoms with van der Waals surface area (Å²) >= 11 is 7.05. The fraction of sp³-hybridized carbons (Fsp3) is 0.150. The van der Waals surface area contributed by atoms with Gasteiger partial charge in [-0.05, 0) is 42.8 Å². The Morgan fingerprint density at radius 1 is 1.14 bits per heavy atom. The van der Waals surface area contributed by atoms with Crippen LogP contribution in [0.15, 0.2) is 58.8 Å². The van der Waals surface area contributed by atoms with E-state index in [4.69, 9.17) is 16.9 Å². The van der Waals surface area contributed by atoms with E-state index in [-0.39, 0.29) is 29.4 Å². The maximum absolute atomic E-state index is 12.3. The molecule has 0 unspecified atom stereocenters. The van der Waals surface area contributed by atoms with E-state index in [0.717, 1.165) is 5.56 Å². The molecule has 0 aliphatic rings. The smallest absolute Gasteiger partial charge is 0.226 e. The number of benzene rings is 2. The molecule has 2 aromatic carbocycles. The minimum Gasteiger partial charge on any atom is -0.302 e. The van der Waals surface area contributed by atoms with E-state index in [2.05, 4.69) is 16.4 Å². The normalized spacial score (nSPS) is 11.0. The standard InChI is InChI=1S/C20H16ClN3O3S2/c21-16-7-9-17(10-8-16)29(26,27)11-1-2-19(25)24-20-23-18(13-28-20)15-5-3-14(12-22)4-6-15/h3-10,13H,1-2,11H2,(H,23,24,25). The van der Waals surface area contributed by atoms with Gasteiger partial charge >= 0.3 is 0 Å². The zero-order valence-electron chi connectivity index (χ0n) is 15.1. The van der Waals surface area contributed by atoms with Gasteiger partial charge in [0.2, 0.25) is 5.91 Å². The van der Waals surface area contributed by atoms with E-state index in [1.807, 2.05) is 5.38 Å². The van der Waals surface area contributed by atoms with Crippen LogP contribution in [0.2, 0.25) is 5.02 Å². The average molecular weight is 446 g/mol. The summed E-state index contributed by atoms with van der Waals surface area (Å²) in [6.45, 7) is 0. The van der Waals surface area contributed by atoms with Gasteiger partial charge in [0, 0.05) is 22.4 Å². The summed E-state index contributed by atoms with van der Waals surface area (Å²) < 4.78 is 24.6. The lowest BCUT2D eigenvalue weighted by molar-refractivity contribution is -0.116. The number of thiazole rings is 1. The van der Waals surface area contributed by atoms with Gasteiger partial charge in [-0.3, -0.25) is 4.79 Å². The number of halogens is 1. The number of nitrogens with one attached hydrogen (secondary N) is 1. The van der Waals surface area contributed by atoms with Crippen LogP contribution < -0.4 is 5.32 Å². The molecule has 0 radical (unpaired) electrons. The Balaban J connectivity index is 1.53. The Bertz CT molecular complexity index is 1150. The molecule has 0 atom stereocenters. The number of anilines is 1. The van der Waals surface area contributed by atoms with Gasteiger partial charge in [-0.15, -0.1) is 11.3 Å². The summed E-state index contributed by atoms with van der Waals surface area (Å²) in [5.74, 6) is -0.423. The average Bonchev–Trinajstić information content (AvgIpc) is 3.16. The fourth-order valence-electron chi connectivity index (χ4n) is 2.54. The molecule has 0 aliphatic carbocycles. The predicted molar refractivity (Wildman–Crippen MR) is 114 cm³/mol. The maximum atomic E-state index is 12.3. The van der Waals surface area contributed by atoms with E-state index >= 15 is 0 Å². The molecule has 0 saturated heterocycles. The second kappa shape index (κ2) is 9.18. The van der Waals surface area contributed by atoms with Crippen LogP contribution in [0.3, 0.4) is 0 Å². The Morgan fingerprint density at radius 2 is 1.83 bits per heavy atom. The highest BCUT2D eigenvalue weighted by atomic mass is 35.5. The Labute approximate surface area is 177 Å². The highest BCUT2D eigenvalue weighted by Crippen LogP contribution is 2.25. The first-order chi connectivity index (χ1) is 13.9. The van der Waals surface area contributed by atoms with Crippen LogP contribution in [-0.2, 0) is 14.6 Å². The van der Waals surface area contributed by atoms with Crippen LogP contribution in [0.1, 0.15) is 18.4 Å². The van der Waals surface area contributed by atoms with Gasteiger partial charge in [0.15, 0.2) is 15.0 Å². The SMILES string of the molecule is N#Cc1ccc(-c2csc(NC(=O)CCCS(=O)(=O)c3ccc(Cl)cc3)n2)cc1. The molecule has 1 heterocycles. The summed E-state index contributed by atoms with van der Waals surface area (Å²) in [6.07, 6.45) is 0.267. The molecule has 3 rings (SSSR count). The molecule has 1 aromatic heterocycles. The number of aromatic nitrogens is 1. The van der Waals surface area contributed by atoms with Gasteiger partial charge in [-0.2, -0.15) is 5.26 Å². The lowest BCUT2D eigenvalue weighted by Gasteiger charge is -2.05. The zero-order chi connectivity index (χ0) is 20.9. The minimum atomic E-state index is -3.46. The van der Waals surface area contributed by atoms with Crippen molar-refractivity contribution in [2.24, 2.45) is 0 Å². The van der Waals surface area contributed by atoms with E-state index in [0.29, 0.717) is 21.4 Å². The fourth-order valence-corrected chi connectivity index (χ4v) is 4.72. The molecule has 3 aromatic rings. The molecule has 0 spiro atoms. The maximum Gasteiger partial charge on any atom is 0.226 e. The van der Waals surface area contributed by atoms with E-state index in [9.17, 15) is 13.2 Å². The molecule has 6 nitrogen and oxygen atoms in total. The molecule has 0 bridgehead atoms. The predicted octanol–water partition coefficient (Wildman–Crippen LogP) is 4.53. The number of hydrogen-bond acceptors (Lipinski definition) is 6. The van der Waals surface area contributed by atoms with Gasteiger partial charge in [0.25, 0.3) is 0 Å². The van der Waals surface area contributed by atoms with Crippen molar-refractivity contribution in [3.63, 3.8) is 0 Å². The molecule has 148 valence electrons. The first kappa shape index (κ1) is 21.0. The van der Waals surface area contributed by atoms with Crippen molar-refractivity contribution in [1.82, 2.24) is 4.98 Å². The van der Waals surface area contributed by atoms with Gasteiger partial charge in [-0.25, -0.2) is 13.4 Å². The van der Waals surface area contributed by atoms with Crippen molar-refractivity contribution >= 4 is 43.8 Å². The van der Waals surface area contributed by atoms with Crippen molar-refractivity contribution in [2.45, 2.75) is 17.7 Å². The third-order valence-corrected chi connectivity index (χ3v) is 6.88. The number of amides is 1. The number of rotatable bonds is 7. The quantitative estimate of drug-likeness (QED) is 0.575. The highest BCUT2D eigenvalue weighted by Gasteiger charge is 2.15. The highest BCUT2D eigenvalue weighted by molar-refractivity contribution is 7.91. The molecule has 0 aliphatic heterocycles. The Morgan fingerprint density at radius 3 is 2.48 bits per heavy atom. The van der Waals surface area contributed by atoms with Crippen molar-refractivity contribution in [1.29, 1.82) is 5.26 Å². The number of nitrogens with zero attached hydrogens (tertiary/aromatic N) is 2. The van der Waals surface area contributed by atoms with Gasteiger partial charge in [0.1, 0.15) is 0 Å². The first-order valence-electron chi connectivity index (χ1n) is 8.61. The first-order valence-corrected chi connectivity index (χ1v) is 11.5. The molecule has 9 heteroatoms. The summed E-state index contributed by atoms with van der Waals surface area (Å²) in [5, 5.41) is 14.2. The number of hydrogen-bond donors (Lipinski definition) is 1. The summed E-state index contributed by atoms with van der Waals surface area (Å²) in [6, 6.07) is 15.0. The summed E-state index contributed by atoms with van der Waals surface area (Å²) in [5.41, 5.74) is 2.10. The molecule has 0 fully saturated rings. The number of sulfone groups is 1. The second-order valence-electron chi connectivity index (χ2n) is 6.15. The largest absolute Gasteiger partial charge is 0.302 e. The van der Waals surface area contributed by atoms with Crippen molar-refractivity contribution in [3.05, 3.63) is 64.5 Å². The van der Waals surface area contributed by atoms with Crippen molar-refractivity contribution in [2.75, 3.05) is 11.1 Å². The number of carbonyl (C=O) groups is 1.